The lowest BCUT2D eigenvalue weighted by Crippen LogP contribution is -2.23. The predicted octanol–water partition coefficient (Wildman–Crippen LogP) is 3.96. The number of allylic oxidation sites excluding steroid dienone is 1. The molecule has 0 aromatic rings. The van der Waals surface area contributed by atoms with Crippen LogP contribution in [-0.4, -0.2) is 26.6 Å². The fourth-order valence-electron chi connectivity index (χ4n) is 1.76. The van der Waals surface area contributed by atoms with Gasteiger partial charge in [-0.1, -0.05) is 45.5 Å². The molecule has 0 aromatic heterocycles. The molecule has 0 unspecified atom stereocenters. The molecule has 0 rings (SSSR count). The van der Waals surface area contributed by atoms with E-state index in [9.17, 15) is 0 Å². The molecule has 0 bridgehead atoms. The maximum absolute atomic E-state index is 2.49. The highest BCUT2D eigenvalue weighted by atomic mass is 28.3. The van der Waals surface area contributed by atoms with Crippen molar-refractivity contribution >= 4 is 8.07 Å². The molecule has 0 aliphatic rings. The average molecular weight is 213 g/mol. The molecule has 2 heteroatoms. The molecule has 0 saturated heterocycles. The van der Waals surface area contributed by atoms with E-state index in [-0.39, 0.29) is 0 Å². The van der Waals surface area contributed by atoms with Crippen LogP contribution in [0.3, 0.4) is 0 Å². The van der Waals surface area contributed by atoms with E-state index in [2.05, 4.69) is 51.2 Å². The summed E-state index contributed by atoms with van der Waals surface area (Å²) in [6, 6.07) is 2.78. The van der Waals surface area contributed by atoms with Gasteiger partial charge in [-0.2, -0.15) is 0 Å². The summed E-state index contributed by atoms with van der Waals surface area (Å²) in [5, 5.41) is 0. The van der Waals surface area contributed by atoms with Crippen molar-refractivity contribution in [3.05, 3.63) is 12.3 Å². The van der Waals surface area contributed by atoms with Gasteiger partial charge in [-0.25, -0.2) is 0 Å². The van der Waals surface area contributed by atoms with Gasteiger partial charge in [-0.05, 0) is 18.7 Å². The Labute approximate surface area is 91.2 Å². The molecule has 0 saturated carbocycles. The van der Waals surface area contributed by atoms with E-state index in [0.29, 0.717) is 0 Å². The van der Waals surface area contributed by atoms with Crippen molar-refractivity contribution in [2.45, 2.75) is 51.9 Å². The zero-order valence-corrected chi connectivity index (χ0v) is 11.6. The van der Waals surface area contributed by atoms with Crippen molar-refractivity contribution in [1.82, 2.24) is 4.90 Å². The highest BCUT2D eigenvalue weighted by Crippen LogP contribution is 2.17. The molecule has 1 nitrogen and oxygen atoms in total. The van der Waals surface area contributed by atoms with Gasteiger partial charge in [0.15, 0.2) is 0 Å². The molecular formula is C12H27NSi. The summed E-state index contributed by atoms with van der Waals surface area (Å²) in [5.41, 5.74) is 0. The first-order chi connectivity index (χ1) is 6.52. The van der Waals surface area contributed by atoms with Crippen LogP contribution in [0, 0.1) is 0 Å². The third kappa shape index (κ3) is 7.19. The van der Waals surface area contributed by atoms with Crippen molar-refractivity contribution in [3.63, 3.8) is 0 Å². The summed E-state index contributed by atoms with van der Waals surface area (Å²) < 4.78 is 0. The van der Waals surface area contributed by atoms with E-state index in [0.717, 1.165) is 0 Å². The van der Waals surface area contributed by atoms with Gasteiger partial charge >= 0.3 is 0 Å². The highest BCUT2D eigenvalue weighted by molar-refractivity contribution is 6.77. The zero-order chi connectivity index (χ0) is 11.0. The van der Waals surface area contributed by atoms with Crippen LogP contribution in [-0.2, 0) is 0 Å². The molecule has 0 amide bonds. The van der Waals surface area contributed by atoms with Crippen molar-refractivity contribution in [3.8, 4) is 0 Å². The van der Waals surface area contributed by atoms with Gasteiger partial charge in [-0.3, -0.25) is 0 Å². The largest absolute Gasteiger partial charge is 0.381 e. The van der Waals surface area contributed by atoms with Crippen LogP contribution in [0.4, 0.5) is 0 Å². The smallest absolute Gasteiger partial charge is 0.0511 e. The fourth-order valence-corrected chi connectivity index (χ4v) is 4.06. The lowest BCUT2D eigenvalue weighted by Gasteiger charge is -2.20. The minimum Gasteiger partial charge on any atom is -0.381 e. The third-order valence-corrected chi connectivity index (χ3v) is 5.73. The second kappa shape index (κ2) is 7.10. The molecule has 0 N–H and O–H groups in total. The first kappa shape index (κ1) is 13.8. The van der Waals surface area contributed by atoms with Gasteiger partial charge in [0.05, 0.1) is 8.07 Å². The van der Waals surface area contributed by atoms with E-state index >= 15 is 0 Å². The second-order valence-corrected chi connectivity index (χ2v) is 10.2. The number of hydrogen-bond donors (Lipinski definition) is 0. The van der Waals surface area contributed by atoms with Crippen molar-refractivity contribution in [1.29, 1.82) is 0 Å². The maximum Gasteiger partial charge on any atom is 0.0511 e. The van der Waals surface area contributed by atoms with Crippen LogP contribution < -0.4 is 0 Å². The van der Waals surface area contributed by atoms with E-state index < -0.39 is 8.07 Å². The molecule has 0 radical (unpaired) electrons. The molecule has 0 atom stereocenters. The van der Waals surface area contributed by atoms with E-state index in [4.69, 9.17) is 0 Å². The highest BCUT2D eigenvalue weighted by Gasteiger charge is 2.16. The number of hydrogen-bond acceptors (Lipinski definition) is 1. The summed E-state index contributed by atoms with van der Waals surface area (Å²) in [5.74, 6) is 0. The standard InChI is InChI=1S/C12H27NSi/c1-6-9-13(3)10-8-12-14(4,5)11-7-2/h8,10H,6-7,9,11-12H2,1-5H3. The van der Waals surface area contributed by atoms with Crippen LogP contribution >= 0.6 is 0 Å². The lowest BCUT2D eigenvalue weighted by atomic mass is 10.4. The molecule has 84 valence electrons. The van der Waals surface area contributed by atoms with Crippen LogP contribution in [0.25, 0.3) is 0 Å². The normalized spacial score (nSPS) is 12.4. The summed E-state index contributed by atoms with van der Waals surface area (Å²) in [7, 11) is 1.25. The summed E-state index contributed by atoms with van der Waals surface area (Å²) in [6.45, 7) is 10.7. The van der Waals surface area contributed by atoms with Gasteiger partial charge in [-0.15, -0.1) is 0 Å². The Hall–Kier alpha value is -0.243. The monoisotopic (exact) mass is 213 g/mol. The number of rotatable bonds is 7. The minimum atomic E-state index is -0.907. The zero-order valence-electron chi connectivity index (χ0n) is 10.6. The van der Waals surface area contributed by atoms with Gasteiger partial charge in [0, 0.05) is 13.6 Å². The van der Waals surface area contributed by atoms with Gasteiger partial charge in [0.2, 0.25) is 0 Å². The molecule has 0 spiro atoms. The Bertz CT molecular complexity index is 164. The Morgan fingerprint density at radius 1 is 1.14 bits per heavy atom. The Balaban J connectivity index is 3.79. The minimum absolute atomic E-state index is 0.907. The fraction of sp³-hybridized carbons (Fsp3) is 0.833. The van der Waals surface area contributed by atoms with Crippen LogP contribution in [0.2, 0.25) is 25.2 Å². The van der Waals surface area contributed by atoms with E-state index in [1.165, 1.54) is 31.5 Å². The van der Waals surface area contributed by atoms with Gasteiger partial charge < -0.3 is 4.90 Å². The SMILES string of the molecule is CCCN(C)C=CC[Si](C)(C)CCC. The molecule has 0 aromatic carbocycles. The second-order valence-electron chi connectivity index (χ2n) is 4.98. The summed E-state index contributed by atoms with van der Waals surface area (Å²) in [4.78, 5) is 2.29. The molecular weight excluding hydrogens is 186 g/mol. The number of nitrogens with zero attached hydrogens (tertiary/aromatic N) is 1. The van der Waals surface area contributed by atoms with Crippen molar-refractivity contribution in [2.75, 3.05) is 13.6 Å². The first-order valence-corrected chi connectivity index (χ1v) is 9.30. The van der Waals surface area contributed by atoms with Crippen LogP contribution in [0.15, 0.2) is 12.3 Å². The van der Waals surface area contributed by atoms with E-state index in [1.54, 1.807) is 0 Å². The Morgan fingerprint density at radius 2 is 1.79 bits per heavy atom. The predicted molar refractivity (Wildman–Crippen MR) is 69.4 cm³/mol. The van der Waals surface area contributed by atoms with Gasteiger partial charge in [0.25, 0.3) is 0 Å². The molecule has 0 aliphatic heterocycles. The van der Waals surface area contributed by atoms with Crippen LogP contribution in [0.5, 0.6) is 0 Å². The molecule has 0 heterocycles. The summed E-state index contributed by atoms with van der Waals surface area (Å²) >= 11 is 0. The van der Waals surface area contributed by atoms with Gasteiger partial charge in [0.1, 0.15) is 0 Å². The van der Waals surface area contributed by atoms with Crippen LogP contribution in [0.1, 0.15) is 26.7 Å². The first-order valence-electron chi connectivity index (χ1n) is 5.88. The maximum atomic E-state index is 2.49. The molecule has 14 heavy (non-hydrogen) atoms. The Morgan fingerprint density at radius 3 is 2.29 bits per heavy atom. The van der Waals surface area contributed by atoms with Crippen molar-refractivity contribution in [2.24, 2.45) is 0 Å². The molecule has 0 fully saturated rings. The topological polar surface area (TPSA) is 3.24 Å². The third-order valence-electron chi connectivity index (χ3n) is 2.53. The summed E-state index contributed by atoms with van der Waals surface area (Å²) in [6.07, 6.45) is 7.21. The lowest BCUT2D eigenvalue weighted by molar-refractivity contribution is 0.454. The van der Waals surface area contributed by atoms with Crippen molar-refractivity contribution < 1.29 is 0 Å². The molecule has 0 aliphatic carbocycles. The quantitative estimate of drug-likeness (QED) is 0.579. The Kier molecular flexibility index (Phi) is 6.98. The average Bonchev–Trinajstić information content (AvgIpc) is 2.03. The van der Waals surface area contributed by atoms with E-state index in [1.807, 2.05) is 0 Å².